The summed E-state index contributed by atoms with van der Waals surface area (Å²) < 4.78 is 0. The Morgan fingerprint density at radius 3 is 2.94 bits per heavy atom. The molecule has 2 unspecified atom stereocenters. The van der Waals surface area contributed by atoms with Gasteiger partial charge in [-0.1, -0.05) is 26.2 Å². The molecule has 3 N–H and O–H groups in total. The highest BCUT2D eigenvalue weighted by molar-refractivity contribution is 7.10. The van der Waals surface area contributed by atoms with Gasteiger partial charge in [0.25, 0.3) is 0 Å². The van der Waals surface area contributed by atoms with Crippen LogP contribution in [-0.4, -0.2) is 6.54 Å². The molecular formula is C13H22N2S. The average molecular weight is 238 g/mol. The zero-order valence-electron chi connectivity index (χ0n) is 10.0. The first-order chi connectivity index (χ1) is 7.77. The molecule has 0 bridgehead atoms. The summed E-state index contributed by atoms with van der Waals surface area (Å²) in [5, 5.41) is 5.62. The molecule has 1 aliphatic carbocycles. The van der Waals surface area contributed by atoms with Crippen molar-refractivity contribution in [2.75, 3.05) is 12.3 Å². The molecule has 2 atom stereocenters. The fraction of sp³-hybridized carbons (Fsp3) is 0.692. The number of nitrogen functional groups attached to an aromatic ring is 1. The van der Waals surface area contributed by atoms with Gasteiger partial charge in [0.1, 0.15) is 0 Å². The average Bonchev–Trinajstić information content (AvgIpc) is 2.67. The molecule has 1 saturated carbocycles. The summed E-state index contributed by atoms with van der Waals surface area (Å²) >= 11 is 1.75. The Hall–Kier alpha value is -0.540. The van der Waals surface area contributed by atoms with E-state index in [1.165, 1.54) is 30.6 Å². The molecule has 1 aromatic rings. The number of hydrogen-bond donors (Lipinski definition) is 2. The van der Waals surface area contributed by atoms with Gasteiger partial charge in [0.15, 0.2) is 0 Å². The standard InChI is InChI=1S/C13H22N2S/c1-10-4-2-3-5-11(10)8-15-9-13-12(14)6-7-16-13/h6-7,10-11,15H,2-5,8-9,14H2,1H3. The summed E-state index contributed by atoms with van der Waals surface area (Å²) in [5.74, 6) is 1.76. The molecule has 0 aliphatic heterocycles. The van der Waals surface area contributed by atoms with Crippen LogP contribution in [0.1, 0.15) is 37.5 Å². The van der Waals surface area contributed by atoms with Crippen molar-refractivity contribution >= 4 is 17.0 Å². The fourth-order valence-corrected chi connectivity index (χ4v) is 3.33. The Bertz CT molecular complexity index is 321. The first kappa shape index (κ1) is 11.9. The lowest BCUT2D eigenvalue weighted by Gasteiger charge is -2.28. The van der Waals surface area contributed by atoms with Gasteiger partial charge in [-0.3, -0.25) is 0 Å². The molecule has 0 aromatic carbocycles. The lowest BCUT2D eigenvalue weighted by atomic mass is 9.80. The summed E-state index contributed by atoms with van der Waals surface area (Å²) in [7, 11) is 0. The third kappa shape index (κ3) is 2.98. The molecule has 1 heterocycles. The molecular weight excluding hydrogens is 216 g/mol. The number of nitrogens with two attached hydrogens (primary N) is 1. The minimum Gasteiger partial charge on any atom is -0.398 e. The van der Waals surface area contributed by atoms with E-state index in [0.29, 0.717) is 0 Å². The monoisotopic (exact) mass is 238 g/mol. The van der Waals surface area contributed by atoms with E-state index in [4.69, 9.17) is 5.73 Å². The number of anilines is 1. The van der Waals surface area contributed by atoms with E-state index >= 15 is 0 Å². The quantitative estimate of drug-likeness (QED) is 0.845. The first-order valence-corrected chi connectivity index (χ1v) is 7.18. The molecule has 1 fully saturated rings. The molecule has 1 aromatic heterocycles. The second kappa shape index (κ2) is 5.69. The summed E-state index contributed by atoms with van der Waals surface area (Å²) in [6.45, 7) is 4.48. The van der Waals surface area contributed by atoms with Crippen LogP contribution < -0.4 is 11.1 Å². The van der Waals surface area contributed by atoms with Crippen LogP contribution in [0, 0.1) is 11.8 Å². The zero-order chi connectivity index (χ0) is 11.4. The van der Waals surface area contributed by atoms with Gasteiger partial charge in [-0.05, 0) is 36.2 Å². The van der Waals surface area contributed by atoms with E-state index in [2.05, 4.69) is 17.6 Å². The summed E-state index contributed by atoms with van der Waals surface area (Å²) in [4.78, 5) is 1.28. The third-order valence-electron chi connectivity index (χ3n) is 3.76. The van der Waals surface area contributed by atoms with Gasteiger partial charge in [-0.25, -0.2) is 0 Å². The van der Waals surface area contributed by atoms with Crippen molar-refractivity contribution in [1.82, 2.24) is 5.32 Å². The Morgan fingerprint density at radius 1 is 1.44 bits per heavy atom. The van der Waals surface area contributed by atoms with Crippen LogP contribution in [0.3, 0.4) is 0 Å². The van der Waals surface area contributed by atoms with Gasteiger partial charge in [0.05, 0.1) is 0 Å². The van der Waals surface area contributed by atoms with Gasteiger partial charge in [0, 0.05) is 17.1 Å². The molecule has 2 rings (SSSR count). The normalized spacial score (nSPS) is 25.8. The van der Waals surface area contributed by atoms with Crippen LogP contribution in [0.25, 0.3) is 0 Å². The van der Waals surface area contributed by atoms with Crippen LogP contribution in [0.4, 0.5) is 5.69 Å². The lowest BCUT2D eigenvalue weighted by molar-refractivity contribution is 0.248. The van der Waals surface area contributed by atoms with Crippen molar-refractivity contribution in [3.8, 4) is 0 Å². The molecule has 90 valence electrons. The van der Waals surface area contributed by atoms with Gasteiger partial charge < -0.3 is 11.1 Å². The van der Waals surface area contributed by atoms with Crippen molar-refractivity contribution in [2.45, 2.75) is 39.2 Å². The zero-order valence-corrected chi connectivity index (χ0v) is 10.9. The smallest absolute Gasteiger partial charge is 0.0468 e. The first-order valence-electron chi connectivity index (χ1n) is 6.30. The molecule has 0 radical (unpaired) electrons. The van der Waals surface area contributed by atoms with E-state index in [9.17, 15) is 0 Å². The topological polar surface area (TPSA) is 38.0 Å². The Kier molecular flexibility index (Phi) is 4.24. The van der Waals surface area contributed by atoms with E-state index in [1.807, 2.05) is 6.07 Å². The molecule has 0 spiro atoms. The van der Waals surface area contributed by atoms with Crippen LogP contribution in [0.2, 0.25) is 0 Å². The summed E-state index contributed by atoms with van der Waals surface area (Å²) in [5.41, 5.74) is 6.80. The minimum atomic E-state index is 0.870. The number of thiophene rings is 1. The molecule has 0 amide bonds. The number of nitrogens with one attached hydrogen (secondary N) is 1. The Balaban J connectivity index is 1.73. The second-order valence-electron chi connectivity index (χ2n) is 4.95. The Labute approximate surface area is 102 Å². The molecule has 16 heavy (non-hydrogen) atoms. The molecule has 2 nitrogen and oxygen atoms in total. The van der Waals surface area contributed by atoms with Gasteiger partial charge >= 0.3 is 0 Å². The highest BCUT2D eigenvalue weighted by Gasteiger charge is 2.20. The van der Waals surface area contributed by atoms with Crippen molar-refractivity contribution in [1.29, 1.82) is 0 Å². The summed E-state index contributed by atoms with van der Waals surface area (Å²) in [6, 6.07) is 1.99. The predicted octanol–water partition coefficient (Wildman–Crippen LogP) is 3.25. The molecule has 1 aliphatic rings. The SMILES string of the molecule is CC1CCCCC1CNCc1sccc1N. The third-order valence-corrected chi connectivity index (χ3v) is 4.70. The highest BCUT2D eigenvalue weighted by atomic mass is 32.1. The maximum Gasteiger partial charge on any atom is 0.0468 e. The lowest BCUT2D eigenvalue weighted by Crippen LogP contribution is -2.29. The maximum atomic E-state index is 5.86. The minimum absolute atomic E-state index is 0.870. The van der Waals surface area contributed by atoms with E-state index in [-0.39, 0.29) is 0 Å². The highest BCUT2D eigenvalue weighted by Crippen LogP contribution is 2.29. The molecule has 3 heteroatoms. The van der Waals surface area contributed by atoms with Crippen LogP contribution in [0.5, 0.6) is 0 Å². The van der Waals surface area contributed by atoms with Crippen molar-refractivity contribution in [3.63, 3.8) is 0 Å². The van der Waals surface area contributed by atoms with Gasteiger partial charge in [0.2, 0.25) is 0 Å². The number of hydrogen-bond acceptors (Lipinski definition) is 3. The maximum absolute atomic E-state index is 5.86. The second-order valence-corrected chi connectivity index (χ2v) is 5.95. The Morgan fingerprint density at radius 2 is 2.25 bits per heavy atom. The van der Waals surface area contributed by atoms with Crippen molar-refractivity contribution < 1.29 is 0 Å². The number of rotatable bonds is 4. The van der Waals surface area contributed by atoms with Crippen molar-refractivity contribution in [3.05, 3.63) is 16.3 Å². The van der Waals surface area contributed by atoms with Crippen LogP contribution >= 0.6 is 11.3 Å². The molecule has 0 saturated heterocycles. The fourth-order valence-electron chi connectivity index (χ4n) is 2.56. The van der Waals surface area contributed by atoms with Gasteiger partial charge in [-0.15, -0.1) is 11.3 Å². The van der Waals surface area contributed by atoms with E-state index in [1.54, 1.807) is 11.3 Å². The van der Waals surface area contributed by atoms with Gasteiger partial charge in [-0.2, -0.15) is 0 Å². The van der Waals surface area contributed by atoms with Crippen molar-refractivity contribution in [2.24, 2.45) is 11.8 Å². The van der Waals surface area contributed by atoms with E-state index < -0.39 is 0 Å². The van der Waals surface area contributed by atoms with Crippen LogP contribution in [-0.2, 0) is 6.54 Å². The van der Waals surface area contributed by atoms with E-state index in [0.717, 1.165) is 30.6 Å². The largest absolute Gasteiger partial charge is 0.398 e. The summed E-state index contributed by atoms with van der Waals surface area (Å²) in [6.07, 6.45) is 5.65. The predicted molar refractivity (Wildman–Crippen MR) is 71.6 cm³/mol. The van der Waals surface area contributed by atoms with Crippen LogP contribution in [0.15, 0.2) is 11.4 Å².